The van der Waals surface area contributed by atoms with Gasteiger partial charge in [-0.05, 0) is 30.7 Å². The van der Waals surface area contributed by atoms with Gasteiger partial charge in [0, 0.05) is 5.56 Å². The van der Waals surface area contributed by atoms with E-state index in [4.69, 9.17) is 14.7 Å². The van der Waals surface area contributed by atoms with Crippen molar-refractivity contribution in [1.29, 1.82) is 5.41 Å². The first kappa shape index (κ1) is 24.5. The molecule has 0 bridgehead atoms. The van der Waals surface area contributed by atoms with Crippen molar-refractivity contribution in [3.05, 3.63) is 54.3 Å². The third-order valence-corrected chi connectivity index (χ3v) is 4.16. The van der Waals surface area contributed by atoms with Gasteiger partial charge in [-0.15, -0.1) is 0 Å². The second kappa shape index (κ2) is 8.06. The van der Waals surface area contributed by atoms with Gasteiger partial charge in [0.25, 0.3) is 10.1 Å². The zero-order chi connectivity index (χ0) is 22.8. The van der Waals surface area contributed by atoms with Crippen molar-refractivity contribution in [2.24, 2.45) is 0 Å². The van der Waals surface area contributed by atoms with Gasteiger partial charge < -0.3 is 9.47 Å². The number of alkyl halides is 6. The summed E-state index contributed by atoms with van der Waals surface area (Å²) in [6.07, 6.45) is -12.7. The van der Waals surface area contributed by atoms with Crippen LogP contribution in [0.15, 0.2) is 48.8 Å². The van der Waals surface area contributed by atoms with Crippen molar-refractivity contribution in [2.75, 3.05) is 5.75 Å². The molecule has 13 heteroatoms. The number of rotatable bonds is 7. The topological polar surface area (TPSA) is 96.7 Å². The molecule has 1 aromatic rings. The minimum absolute atomic E-state index is 0.0425. The van der Waals surface area contributed by atoms with Crippen LogP contribution < -0.4 is 4.74 Å². The summed E-state index contributed by atoms with van der Waals surface area (Å²) < 4.78 is 119. The van der Waals surface area contributed by atoms with E-state index in [1.54, 1.807) is 0 Å². The zero-order valence-electron chi connectivity index (χ0n) is 14.7. The van der Waals surface area contributed by atoms with E-state index in [-0.39, 0.29) is 11.5 Å². The van der Waals surface area contributed by atoms with Gasteiger partial charge in [-0.3, -0.25) is 9.96 Å². The number of allylic oxidation sites excluding steroid dienone is 1. The van der Waals surface area contributed by atoms with Gasteiger partial charge in [0.1, 0.15) is 17.3 Å². The van der Waals surface area contributed by atoms with Crippen LogP contribution in [0.2, 0.25) is 0 Å². The summed E-state index contributed by atoms with van der Waals surface area (Å²) in [7, 11) is -5.82. The molecule has 0 atom stereocenters. The Hall–Kier alpha value is -2.54. The fourth-order valence-corrected chi connectivity index (χ4v) is 2.79. The molecular formula is C16H15F6NO5S. The third-order valence-electron chi connectivity index (χ3n) is 3.39. The van der Waals surface area contributed by atoms with Gasteiger partial charge in [-0.2, -0.15) is 34.8 Å². The van der Waals surface area contributed by atoms with Gasteiger partial charge >= 0.3 is 18.0 Å². The molecule has 6 nitrogen and oxygen atoms in total. The van der Waals surface area contributed by atoms with Gasteiger partial charge in [-0.1, -0.05) is 19.2 Å². The lowest BCUT2D eigenvalue weighted by Crippen LogP contribution is -2.63. The predicted molar refractivity (Wildman–Crippen MR) is 90.2 cm³/mol. The molecule has 0 fully saturated rings. The molecule has 0 spiro atoms. The lowest BCUT2D eigenvalue weighted by Gasteiger charge is -2.36. The summed E-state index contributed by atoms with van der Waals surface area (Å²) in [6.45, 7) is 8.53. The van der Waals surface area contributed by atoms with E-state index < -0.39 is 45.3 Å². The molecule has 0 unspecified atom stereocenters. The highest BCUT2D eigenvalue weighted by Crippen LogP contribution is 2.47. The second-order valence-corrected chi connectivity index (χ2v) is 7.27. The first-order chi connectivity index (χ1) is 12.9. The van der Waals surface area contributed by atoms with Gasteiger partial charge in [0.05, 0.1) is 0 Å². The van der Waals surface area contributed by atoms with E-state index in [2.05, 4.69) is 17.9 Å². The molecule has 0 aromatic heterocycles. The normalized spacial score (nSPS) is 13.0. The van der Waals surface area contributed by atoms with E-state index in [0.29, 0.717) is 5.57 Å². The Bertz CT molecular complexity index is 906. The summed E-state index contributed by atoms with van der Waals surface area (Å²) >= 11 is 0. The summed E-state index contributed by atoms with van der Waals surface area (Å²) in [4.78, 5) is 0. The molecule has 2 N–H and O–H groups in total. The van der Waals surface area contributed by atoms with Crippen LogP contribution in [0.4, 0.5) is 26.3 Å². The maximum Gasteiger partial charge on any atom is 0.438 e. The van der Waals surface area contributed by atoms with Crippen molar-refractivity contribution in [3.8, 4) is 5.75 Å². The van der Waals surface area contributed by atoms with Gasteiger partial charge in [0.2, 0.25) is 5.90 Å². The summed E-state index contributed by atoms with van der Waals surface area (Å²) in [5.41, 5.74) is -5.59. The van der Waals surface area contributed by atoms with Crippen molar-refractivity contribution < 1.29 is 48.8 Å². The molecule has 0 aliphatic heterocycles. The standard InChI is InChI=1S/C16H15F6NO5S/c1-9(2)10(3)27-12-6-4-5-11(7-12)13(23)28-14(15(17,18)19,16(20,21)22)8-29(24,25)26/h4-7,23H,1,3,8H2,2H3,(H,24,25,26). The molecule has 0 aliphatic carbocycles. The third kappa shape index (κ3) is 5.97. The van der Waals surface area contributed by atoms with Crippen molar-refractivity contribution in [1.82, 2.24) is 0 Å². The average Bonchev–Trinajstić information content (AvgIpc) is 2.50. The highest BCUT2D eigenvalue weighted by molar-refractivity contribution is 7.85. The molecule has 0 heterocycles. The molecule has 0 saturated carbocycles. The zero-order valence-corrected chi connectivity index (χ0v) is 15.5. The lowest BCUT2D eigenvalue weighted by atomic mass is 10.1. The highest BCUT2D eigenvalue weighted by Gasteiger charge is 2.75. The Kier molecular flexibility index (Phi) is 6.81. The van der Waals surface area contributed by atoms with Crippen LogP contribution >= 0.6 is 0 Å². The van der Waals surface area contributed by atoms with E-state index in [1.165, 1.54) is 13.0 Å². The Labute approximate surface area is 161 Å². The number of ether oxygens (including phenoxy) is 2. The fourth-order valence-electron chi connectivity index (χ4n) is 1.89. The van der Waals surface area contributed by atoms with Crippen molar-refractivity contribution >= 4 is 16.0 Å². The van der Waals surface area contributed by atoms with Crippen molar-refractivity contribution in [3.63, 3.8) is 0 Å². The van der Waals surface area contributed by atoms with Crippen LogP contribution in [0.3, 0.4) is 0 Å². The van der Waals surface area contributed by atoms with Crippen LogP contribution in [0.1, 0.15) is 12.5 Å². The largest absolute Gasteiger partial charge is 0.458 e. The first-order valence-corrected chi connectivity index (χ1v) is 9.00. The van der Waals surface area contributed by atoms with Crippen molar-refractivity contribution in [2.45, 2.75) is 24.9 Å². The van der Waals surface area contributed by atoms with Crippen LogP contribution in [0, 0.1) is 5.41 Å². The van der Waals surface area contributed by atoms with E-state index in [1.807, 2.05) is 0 Å². The van der Waals surface area contributed by atoms with Crippen LogP contribution in [-0.2, 0) is 14.9 Å². The van der Waals surface area contributed by atoms with E-state index >= 15 is 0 Å². The molecule has 0 radical (unpaired) electrons. The minimum Gasteiger partial charge on any atom is -0.458 e. The quantitative estimate of drug-likeness (QED) is 0.163. The SMILES string of the molecule is C=C(C)C(=C)Oc1cccc(C(=N)OC(CS(=O)(=O)O)(C(F)(F)F)C(F)(F)F)c1. The molecule has 0 saturated heterocycles. The van der Waals surface area contributed by atoms with Crippen LogP contribution in [0.25, 0.3) is 0 Å². The van der Waals surface area contributed by atoms with Crippen LogP contribution in [-0.4, -0.2) is 42.6 Å². The van der Waals surface area contributed by atoms with Gasteiger partial charge in [-0.25, -0.2) is 0 Å². The Morgan fingerprint density at radius 1 is 1.14 bits per heavy atom. The van der Waals surface area contributed by atoms with E-state index in [9.17, 15) is 34.8 Å². The molecule has 162 valence electrons. The molecule has 0 amide bonds. The van der Waals surface area contributed by atoms with Crippen LogP contribution in [0.5, 0.6) is 5.75 Å². The highest BCUT2D eigenvalue weighted by atomic mass is 32.2. The lowest BCUT2D eigenvalue weighted by molar-refractivity contribution is -0.353. The maximum atomic E-state index is 13.3. The predicted octanol–water partition coefficient (Wildman–Crippen LogP) is 4.25. The number of hydrogen-bond donors (Lipinski definition) is 2. The maximum absolute atomic E-state index is 13.3. The average molecular weight is 447 g/mol. The number of nitrogens with one attached hydrogen (secondary N) is 1. The minimum atomic E-state index is -6.34. The van der Waals surface area contributed by atoms with E-state index in [0.717, 1.165) is 18.2 Å². The first-order valence-electron chi connectivity index (χ1n) is 7.39. The molecular weight excluding hydrogens is 432 g/mol. The molecule has 29 heavy (non-hydrogen) atoms. The Balaban J connectivity index is 3.39. The smallest absolute Gasteiger partial charge is 0.438 e. The van der Waals surface area contributed by atoms with Gasteiger partial charge in [0.15, 0.2) is 0 Å². The number of hydrogen-bond acceptors (Lipinski definition) is 5. The molecule has 0 aliphatic rings. The summed E-state index contributed by atoms with van der Waals surface area (Å²) in [6, 6.07) is 4.22. The number of benzene rings is 1. The molecule has 1 aromatic carbocycles. The second-order valence-electron chi connectivity index (χ2n) is 5.81. The Morgan fingerprint density at radius 3 is 2.07 bits per heavy atom. The summed E-state index contributed by atoms with van der Waals surface area (Å²) in [5.74, 6) is -4.61. The monoisotopic (exact) mass is 447 g/mol. The summed E-state index contributed by atoms with van der Waals surface area (Å²) in [5, 5.41) is 7.52. The number of halogens is 6. The Morgan fingerprint density at radius 2 is 1.66 bits per heavy atom. The fraction of sp³-hybridized carbons (Fsp3) is 0.312. The molecule has 1 rings (SSSR count).